The molecular weight excluding hydrogens is 819 g/mol. The highest BCUT2D eigenvalue weighted by atomic mass is 35.5. The molecule has 0 saturated carbocycles. The number of allylic oxidation sites excluding steroid dienone is 1. The highest BCUT2D eigenvalue weighted by Crippen LogP contribution is 2.39. The lowest BCUT2D eigenvalue weighted by atomic mass is 9.95. The van der Waals surface area contributed by atoms with Gasteiger partial charge >= 0.3 is 12.1 Å². The Bertz CT molecular complexity index is 2430. The molecule has 4 aromatic carbocycles. The van der Waals surface area contributed by atoms with Crippen LogP contribution < -0.4 is 24.4 Å². The molecule has 2 heterocycles. The van der Waals surface area contributed by atoms with Crippen LogP contribution in [0.1, 0.15) is 35.2 Å². The molecule has 6 rings (SSSR count). The van der Waals surface area contributed by atoms with Crippen LogP contribution in [-0.2, 0) is 22.7 Å². The molecule has 53 heavy (non-hydrogen) atoms. The Kier molecular flexibility index (Phi) is 11.8. The summed E-state index contributed by atoms with van der Waals surface area (Å²) in [6, 6.07) is 19.0. The molecule has 7 nitrogen and oxygen atoms in total. The van der Waals surface area contributed by atoms with Crippen molar-refractivity contribution >= 4 is 81.4 Å². The fourth-order valence-corrected chi connectivity index (χ4v) is 7.43. The highest BCUT2D eigenvalue weighted by Gasteiger charge is 2.45. The first kappa shape index (κ1) is 38.7. The molecule has 0 radical (unpaired) electrons. The number of alkyl halides is 3. The van der Waals surface area contributed by atoms with Crippen molar-refractivity contribution in [3.05, 3.63) is 157 Å². The maximum atomic E-state index is 14.5. The first-order valence-corrected chi connectivity index (χ1v) is 18.3. The topological polar surface area (TPSA) is 79.1 Å². The van der Waals surface area contributed by atoms with Crippen LogP contribution >= 0.6 is 69.3 Å². The van der Waals surface area contributed by atoms with E-state index in [-0.39, 0.29) is 40.5 Å². The van der Waals surface area contributed by atoms with Gasteiger partial charge in [-0.15, -0.1) is 0 Å². The summed E-state index contributed by atoms with van der Waals surface area (Å²) in [5, 5.41) is 1.97. The van der Waals surface area contributed by atoms with Gasteiger partial charge in [0.25, 0.3) is 5.56 Å². The first-order valence-electron chi connectivity index (χ1n) is 15.6. The number of nitrogens with zero attached hydrogens (tertiary/aromatic N) is 2. The lowest BCUT2D eigenvalue weighted by molar-refractivity contribution is -0.140. The second-order valence-electron chi connectivity index (χ2n) is 11.4. The fraction of sp³-hybridized carbons (Fsp3) is 0.162. The van der Waals surface area contributed by atoms with Crippen molar-refractivity contribution in [1.82, 2.24) is 4.57 Å². The Morgan fingerprint density at radius 1 is 0.849 bits per heavy atom. The summed E-state index contributed by atoms with van der Waals surface area (Å²) in [4.78, 5) is 30.9. The van der Waals surface area contributed by atoms with Crippen molar-refractivity contribution in [2.75, 3.05) is 6.61 Å². The predicted octanol–water partition coefficient (Wildman–Crippen LogP) is 9.77. The van der Waals surface area contributed by atoms with Gasteiger partial charge in [-0.3, -0.25) is 9.36 Å². The third-order valence-corrected chi connectivity index (χ3v) is 10.3. The van der Waals surface area contributed by atoms with Crippen LogP contribution in [0.2, 0.25) is 25.1 Å². The molecule has 0 N–H and O–H groups in total. The van der Waals surface area contributed by atoms with Gasteiger partial charge in [-0.05, 0) is 67.1 Å². The average molecular weight is 843 g/mol. The number of esters is 1. The predicted molar refractivity (Wildman–Crippen MR) is 200 cm³/mol. The van der Waals surface area contributed by atoms with E-state index >= 15 is 0 Å². The molecule has 0 fully saturated rings. The van der Waals surface area contributed by atoms with Crippen molar-refractivity contribution in [1.29, 1.82) is 0 Å². The molecule has 274 valence electrons. The molecule has 0 bridgehead atoms. The summed E-state index contributed by atoms with van der Waals surface area (Å²) in [5.41, 5.74) is -1.15. The number of aromatic nitrogens is 1. The molecule has 5 aromatic rings. The minimum atomic E-state index is -5.06. The number of ether oxygens (including phenoxy) is 3. The summed E-state index contributed by atoms with van der Waals surface area (Å²) in [7, 11) is 0. The van der Waals surface area contributed by atoms with Crippen molar-refractivity contribution in [2.45, 2.75) is 32.4 Å². The van der Waals surface area contributed by atoms with Crippen molar-refractivity contribution < 1.29 is 32.2 Å². The van der Waals surface area contributed by atoms with E-state index in [1.54, 1.807) is 54.6 Å². The van der Waals surface area contributed by atoms with Gasteiger partial charge in [0.1, 0.15) is 24.7 Å². The van der Waals surface area contributed by atoms with Crippen LogP contribution in [0.5, 0.6) is 11.5 Å². The quantitative estimate of drug-likeness (QED) is 0.131. The third-order valence-electron chi connectivity index (χ3n) is 7.86. The molecule has 1 aromatic heterocycles. The molecular formula is C37H24Cl5F3N2O5S. The van der Waals surface area contributed by atoms with Gasteiger partial charge < -0.3 is 14.2 Å². The summed E-state index contributed by atoms with van der Waals surface area (Å²) in [6.07, 6.45) is -3.60. The van der Waals surface area contributed by atoms with E-state index < -0.39 is 35.0 Å². The SMILES string of the molecule is CCOC(=O)C1=C(C(F)(F)F)N=c2s/c(=C/c3ccc(OCc4ccc(Cl)cc4Cl)cc3OCc3ccc(Cl)cc3Cl)c(=O)n2[C@@H]1c1ccc(Cl)cc1. The Labute approximate surface area is 329 Å². The lowest BCUT2D eigenvalue weighted by Crippen LogP contribution is -2.41. The number of carbonyl (C=O) groups excluding carboxylic acids is 1. The zero-order valence-electron chi connectivity index (χ0n) is 27.1. The molecule has 0 aliphatic carbocycles. The Morgan fingerprint density at radius 3 is 2.04 bits per heavy atom. The average Bonchev–Trinajstić information content (AvgIpc) is 3.41. The maximum absolute atomic E-state index is 14.5. The van der Waals surface area contributed by atoms with E-state index in [1.165, 1.54) is 37.3 Å². The van der Waals surface area contributed by atoms with Crippen LogP contribution in [0, 0.1) is 0 Å². The largest absolute Gasteiger partial charge is 0.489 e. The zero-order valence-corrected chi connectivity index (χ0v) is 31.7. The van der Waals surface area contributed by atoms with E-state index in [9.17, 15) is 22.8 Å². The number of benzene rings is 4. The fourth-order valence-electron chi connectivity index (χ4n) is 5.38. The lowest BCUT2D eigenvalue weighted by Gasteiger charge is -2.26. The Balaban J connectivity index is 1.47. The first-order chi connectivity index (χ1) is 25.2. The summed E-state index contributed by atoms with van der Waals surface area (Å²) in [6.45, 7) is 1.33. The number of halogens is 8. The van der Waals surface area contributed by atoms with Crippen LogP contribution in [0.4, 0.5) is 13.2 Å². The standard InChI is InChI=1S/C37H24Cl5F3N2O5S/c1-2-50-35(49)31-32(19-3-8-23(38)9-4-19)47-34(48)30(53-36(47)46-33(31)37(43,44)45)13-20-7-12-26(51-17-21-5-10-24(39)14-27(21)41)16-29(20)52-18-22-6-11-25(40)15-28(22)42/h3-16,32H,2,17-18H2,1H3/b30-13+/t32-/m1/s1. The van der Waals surface area contributed by atoms with Crippen LogP contribution in [0.15, 0.2) is 99.9 Å². The van der Waals surface area contributed by atoms with Gasteiger partial charge in [0.05, 0.1) is 22.8 Å². The number of hydrogen-bond donors (Lipinski definition) is 0. The van der Waals surface area contributed by atoms with Gasteiger partial charge in [-0.25, -0.2) is 9.79 Å². The van der Waals surface area contributed by atoms with Gasteiger partial charge in [0.2, 0.25) is 0 Å². The monoisotopic (exact) mass is 840 g/mol. The van der Waals surface area contributed by atoms with E-state index in [1.807, 2.05) is 0 Å². The van der Waals surface area contributed by atoms with Crippen LogP contribution in [0.25, 0.3) is 6.08 Å². The number of fused-ring (bicyclic) bond motifs is 1. The highest BCUT2D eigenvalue weighted by molar-refractivity contribution is 7.07. The van der Waals surface area contributed by atoms with Crippen molar-refractivity contribution in [3.63, 3.8) is 0 Å². The zero-order chi connectivity index (χ0) is 38.0. The molecule has 0 saturated heterocycles. The summed E-state index contributed by atoms with van der Waals surface area (Å²) < 4.78 is 61.9. The third kappa shape index (κ3) is 8.72. The Morgan fingerprint density at radius 2 is 1.45 bits per heavy atom. The van der Waals surface area contributed by atoms with Crippen molar-refractivity contribution in [3.8, 4) is 11.5 Å². The van der Waals surface area contributed by atoms with Gasteiger partial charge in [0, 0.05) is 47.9 Å². The molecule has 1 aliphatic rings. The van der Waals surface area contributed by atoms with Crippen LogP contribution in [-0.4, -0.2) is 23.3 Å². The molecule has 0 spiro atoms. The second-order valence-corrected chi connectivity index (χ2v) is 14.5. The summed E-state index contributed by atoms with van der Waals surface area (Å²) in [5.74, 6) is -0.632. The molecule has 1 aliphatic heterocycles. The number of rotatable bonds is 10. The number of hydrogen-bond acceptors (Lipinski definition) is 7. The minimum absolute atomic E-state index is 0.00494. The summed E-state index contributed by atoms with van der Waals surface area (Å²) >= 11 is 31.6. The van der Waals surface area contributed by atoms with Crippen LogP contribution in [0.3, 0.4) is 0 Å². The molecule has 16 heteroatoms. The number of thiazole rings is 1. The smallest absolute Gasteiger partial charge is 0.434 e. The molecule has 1 atom stereocenters. The van der Waals surface area contributed by atoms with E-state index in [2.05, 4.69) is 4.99 Å². The van der Waals surface area contributed by atoms with E-state index in [4.69, 9.17) is 72.2 Å². The number of carbonyl (C=O) groups is 1. The Hall–Kier alpha value is -3.97. The van der Waals surface area contributed by atoms with E-state index in [0.717, 1.165) is 4.57 Å². The molecule has 0 amide bonds. The van der Waals surface area contributed by atoms with Gasteiger partial charge in [-0.2, -0.15) is 13.2 Å². The molecule has 0 unspecified atom stereocenters. The maximum Gasteiger partial charge on any atom is 0.434 e. The normalized spacial score (nSPS) is 14.5. The van der Waals surface area contributed by atoms with Gasteiger partial charge in [0.15, 0.2) is 10.5 Å². The second kappa shape index (κ2) is 16.2. The van der Waals surface area contributed by atoms with E-state index in [0.29, 0.717) is 58.9 Å². The van der Waals surface area contributed by atoms with Gasteiger partial charge in [-0.1, -0.05) is 93.6 Å². The van der Waals surface area contributed by atoms with Crippen molar-refractivity contribution in [2.24, 2.45) is 4.99 Å². The minimum Gasteiger partial charge on any atom is -0.489 e.